The van der Waals surface area contributed by atoms with Gasteiger partial charge in [-0.2, -0.15) is 0 Å². The van der Waals surface area contributed by atoms with Crippen molar-refractivity contribution in [1.29, 1.82) is 0 Å². The van der Waals surface area contributed by atoms with Crippen LogP contribution in [0.3, 0.4) is 0 Å². The molecule has 2 nitrogen and oxygen atoms in total. The molecule has 1 heterocycles. The van der Waals surface area contributed by atoms with Crippen LogP contribution in [0.4, 0.5) is 0 Å². The minimum Gasteiger partial charge on any atom is -0.391 e. The van der Waals surface area contributed by atoms with Gasteiger partial charge in [-0.25, -0.2) is 0 Å². The van der Waals surface area contributed by atoms with Crippen molar-refractivity contribution in [2.24, 2.45) is 0 Å². The molecule has 1 atom stereocenters. The Morgan fingerprint density at radius 2 is 2.00 bits per heavy atom. The van der Waals surface area contributed by atoms with Crippen LogP contribution in [0.15, 0.2) is 29.6 Å². The highest BCUT2D eigenvalue weighted by atomic mass is 32.1. The average molecular weight is 263 g/mol. The molecule has 1 unspecified atom stereocenters. The Balaban J connectivity index is 2.01. The van der Waals surface area contributed by atoms with Gasteiger partial charge in [0.1, 0.15) is 0 Å². The quantitative estimate of drug-likeness (QED) is 0.888. The zero-order chi connectivity index (χ0) is 13.2. The van der Waals surface area contributed by atoms with Gasteiger partial charge in [0.15, 0.2) is 0 Å². The first kappa shape index (κ1) is 13.5. The number of hydrogen-bond donors (Lipinski definition) is 2. The van der Waals surface area contributed by atoms with Crippen LogP contribution >= 0.6 is 11.3 Å². The maximum atomic E-state index is 10.1. The number of rotatable bonds is 4. The van der Waals surface area contributed by atoms with Gasteiger partial charge in [-0.05, 0) is 43.2 Å². The van der Waals surface area contributed by atoms with E-state index >= 15 is 0 Å². The van der Waals surface area contributed by atoms with Crippen LogP contribution in [-0.4, -0.2) is 23.3 Å². The molecule has 98 valence electrons. The summed E-state index contributed by atoms with van der Waals surface area (Å²) in [6.45, 7) is 6.97. The molecule has 0 bridgehead atoms. The number of hydrogen-bond acceptors (Lipinski definition) is 3. The van der Waals surface area contributed by atoms with E-state index in [1.807, 2.05) is 0 Å². The minimum atomic E-state index is -0.331. The topological polar surface area (TPSA) is 32.3 Å². The lowest BCUT2D eigenvalue weighted by Gasteiger charge is -2.22. The standard InChI is InChI=1S/C15H21NOS/c1-15(2,3)16-9-12(17)8-11-10-18-14-7-5-4-6-13(11)14/h4-7,10,12,16-17H,8-9H2,1-3H3. The second-order valence-electron chi connectivity index (χ2n) is 5.75. The summed E-state index contributed by atoms with van der Waals surface area (Å²) in [5.74, 6) is 0. The monoisotopic (exact) mass is 263 g/mol. The molecular weight excluding hydrogens is 242 g/mol. The summed E-state index contributed by atoms with van der Waals surface area (Å²) in [6, 6.07) is 8.37. The van der Waals surface area contributed by atoms with E-state index in [2.05, 4.69) is 55.7 Å². The van der Waals surface area contributed by atoms with Crippen molar-refractivity contribution in [3.63, 3.8) is 0 Å². The Morgan fingerprint density at radius 3 is 2.72 bits per heavy atom. The van der Waals surface area contributed by atoms with E-state index in [1.54, 1.807) is 11.3 Å². The van der Waals surface area contributed by atoms with Gasteiger partial charge in [0.05, 0.1) is 6.10 Å². The lowest BCUT2D eigenvalue weighted by Crippen LogP contribution is -2.41. The van der Waals surface area contributed by atoms with Gasteiger partial charge >= 0.3 is 0 Å². The molecular formula is C15H21NOS. The predicted molar refractivity (Wildman–Crippen MR) is 79.3 cm³/mol. The van der Waals surface area contributed by atoms with Gasteiger partial charge in [-0.1, -0.05) is 18.2 Å². The second kappa shape index (κ2) is 5.39. The van der Waals surface area contributed by atoms with E-state index in [0.29, 0.717) is 13.0 Å². The zero-order valence-electron chi connectivity index (χ0n) is 11.2. The van der Waals surface area contributed by atoms with E-state index in [9.17, 15) is 5.11 Å². The lowest BCUT2D eigenvalue weighted by molar-refractivity contribution is 0.161. The molecule has 0 saturated heterocycles. The Labute approximate surface area is 113 Å². The molecule has 18 heavy (non-hydrogen) atoms. The van der Waals surface area contributed by atoms with E-state index < -0.39 is 0 Å². The highest BCUT2D eigenvalue weighted by Gasteiger charge is 2.14. The molecule has 0 amide bonds. The van der Waals surface area contributed by atoms with E-state index in [1.165, 1.54) is 15.6 Å². The SMILES string of the molecule is CC(C)(C)NCC(O)Cc1csc2ccccc12. The van der Waals surface area contributed by atoms with E-state index in [0.717, 1.165) is 0 Å². The van der Waals surface area contributed by atoms with Crippen LogP contribution in [0.2, 0.25) is 0 Å². The minimum absolute atomic E-state index is 0.0533. The molecule has 0 fully saturated rings. The van der Waals surface area contributed by atoms with E-state index in [-0.39, 0.29) is 11.6 Å². The molecule has 1 aromatic carbocycles. The molecule has 3 heteroatoms. The first-order valence-corrected chi connectivity index (χ1v) is 7.22. The average Bonchev–Trinajstić information content (AvgIpc) is 2.70. The van der Waals surface area contributed by atoms with Crippen molar-refractivity contribution in [2.75, 3.05) is 6.54 Å². The number of aliphatic hydroxyl groups is 1. The van der Waals surface area contributed by atoms with Crippen molar-refractivity contribution in [2.45, 2.75) is 38.8 Å². The zero-order valence-corrected chi connectivity index (χ0v) is 12.1. The first-order chi connectivity index (χ1) is 8.46. The number of aliphatic hydroxyl groups excluding tert-OH is 1. The third kappa shape index (κ3) is 3.55. The molecule has 0 radical (unpaired) electrons. The number of fused-ring (bicyclic) bond motifs is 1. The van der Waals surface area contributed by atoms with Crippen LogP contribution in [0.1, 0.15) is 26.3 Å². The van der Waals surface area contributed by atoms with Crippen LogP contribution in [0.5, 0.6) is 0 Å². The number of nitrogens with one attached hydrogen (secondary N) is 1. The molecule has 1 aromatic heterocycles. The highest BCUT2D eigenvalue weighted by Crippen LogP contribution is 2.26. The predicted octanol–water partition coefficient (Wildman–Crippen LogP) is 3.19. The van der Waals surface area contributed by atoms with Crippen molar-refractivity contribution in [1.82, 2.24) is 5.32 Å². The third-order valence-corrected chi connectivity index (χ3v) is 3.90. The van der Waals surface area contributed by atoms with Gasteiger partial charge in [0, 0.05) is 23.2 Å². The number of thiophene rings is 1. The largest absolute Gasteiger partial charge is 0.391 e. The van der Waals surface area contributed by atoms with Crippen molar-refractivity contribution in [3.8, 4) is 0 Å². The summed E-state index contributed by atoms with van der Waals surface area (Å²) < 4.78 is 1.29. The smallest absolute Gasteiger partial charge is 0.0705 e. The van der Waals surface area contributed by atoms with Gasteiger partial charge < -0.3 is 10.4 Å². The fourth-order valence-corrected chi connectivity index (χ4v) is 2.92. The Bertz CT molecular complexity index is 512. The first-order valence-electron chi connectivity index (χ1n) is 6.34. The van der Waals surface area contributed by atoms with Gasteiger partial charge in [-0.15, -0.1) is 11.3 Å². The molecule has 0 aliphatic rings. The lowest BCUT2D eigenvalue weighted by atomic mass is 10.0. The summed E-state index contributed by atoms with van der Waals surface area (Å²) in [7, 11) is 0. The molecule has 0 saturated carbocycles. The van der Waals surface area contributed by atoms with Crippen LogP contribution in [0, 0.1) is 0 Å². The van der Waals surface area contributed by atoms with Crippen molar-refractivity contribution < 1.29 is 5.11 Å². The summed E-state index contributed by atoms with van der Waals surface area (Å²) in [5, 5.41) is 16.9. The molecule has 0 aliphatic carbocycles. The highest BCUT2D eigenvalue weighted by molar-refractivity contribution is 7.17. The Morgan fingerprint density at radius 1 is 1.28 bits per heavy atom. The molecule has 0 aliphatic heterocycles. The Hall–Kier alpha value is -0.900. The molecule has 2 N–H and O–H groups in total. The summed E-state index contributed by atoms with van der Waals surface area (Å²) >= 11 is 1.75. The summed E-state index contributed by atoms with van der Waals surface area (Å²) in [4.78, 5) is 0. The van der Waals surface area contributed by atoms with Crippen molar-refractivity contribution >= 4 is 21.4 Å². The molecule has 2 rings (SSSR count). The number of benzene rings is 1. The second-order valence-corrected chi connectivity index (χ2v) is 6.66. The maximum Gasteiger partial charge on any atom is 0.0705 e. The normalized spacial score (nSPS) is 14.0. The van der Waals surface area contributed by atoms with Gasteiger partial charge in [0.2, 0.25) is 0 Å². The maximum absolute atomic E-state index is 10.1. The van der Waals surface area contributed by atoms with E-state index in [4.69, 9.17) is 0 Å². The fourth-order valence-electron chi connectivity index (χ4n) is 1.94. The van der Waals surface area contributed by atoms with Gasteiger partial charge in [-0.3, -0.25) is 0 Å². The molecule has 2 aromatic rings. The van der Waals surface area contributed by atoms with Gasteiger partial charge in [0.25, 0.3) is 0 Å². The van der Waals surface area contributed by atoms with Crippen LogP contribution in [-0.2, 0) is 6.42 Å². The summed E-state index contributed by atoms with van der Waals surface area (Å²) in [5.41, 5.74) is 1.30. The fraction of sp³-hybridized carbons (Fsp3) is 0.467. The Kier molecular flexibility index (Phi) is 4.05. The third-order valence-electron chi connectivity index (χ3n) is 2.88. The van der Waals surface area contributed by atoms with Crippen molar-refractivity contribution in [3.05, 3.63) is 35.2 Å². The van der Waals surface area contributed by atoms with Crippen LogP contribution in [0.25, 0.3) is 10.1 Å². The molecule has 0 spiro atoms. The number of β-amino-alcohol motifs (C(OH)–C–C–N with tert-alkyl or cyclic N) is 1. The summed E-state index contributed by atoms with van der Waals surface area (Å²) in [6.07, 6.45) is 0.384. The van der Waals surface area contributed by atoms with Crippen LogP contribution < -0.4 is 5.32 Å².